The number of aliphatic hydroxyl groups is 2. The molecule has 0 aromatic carbocycles. The topological polar surface area (TPSA) is 53.4 Å². The largest absolute Gasteiger partial charge is 0.390 e. The highest BCUT2D eigenvalue weighted by Crippen LogP contribution is 2.21. The first-order valence-corrected chi connectivity index (χ1v) is 4.49. The Hall–Kier alpha value is -1.00. The van der Waals surface area contributed by atoms with Gasteiger partial charge in [0.1, 0.15) is 11.9 Å². The van der Waals surface area contributed by atoms with Crippen LogP contribution in [-0.2, 0) is 0 Å². The summed E-state index contributed by atoms with van der Waals surface area (Å²) in [5, 5.41) is 19.2. The van der Waals surface area contributed by atoms with Gasteiger partial charge in [0.15, 0.2) is 0 Å². The summed E-state index contributed by atoms with van der Waals surface area (Å²) in [6, 6.07) is 1.17. The molecule has 0 saturated heterocycles. The van der Waals surface area contributed by atoms with Crippen molar-refractivity contribution in [3.63, 3.8) is 0 Å². The lowest BCUT2D eigenvalue weighted by Gasteiger charge is -2.20. The zero-order valence-electron chi connectivity index (χ0n) is 8.18. The van der Waals surface area contributed by atoms with Gasteiger partial charge >= 0.3 is 0 Å². The van der Waals surface area contributed by atoms with Gasteiger partial charge in [-0.25, -0.2) is 4.39 Å². The van der Waals surface area contributed by atoms with Crippen molar-refractivity contribution in [2.75, 3.05) is 0 Å². The van der Waals surface area contributed by atoms with E-state index in [9.17, 15) is 14.6 Å². The lowest BCUT2D eigenvalue weighted by atomic mass is 9.97. The normalized spacial score (nSPS) is 15.6. The summed E-state index contributed by atoms with van der Waals surface area (Å²) in [5.74, 6) is -0.606. The van der Waals surface area contributed by atoms with Gasteiger partial charge in [-0.1, -0.05) is 13.8 Å². The Bertz CT molecular complexity index is 304. The van der Waals surface area contributed by atoms with E-state index in [2.05, 4.69) is 4.98 Å². The molecule has 1 heterocycles. The van der Waals surface area contributed by atoms with Gasteiger partial charge in [0.2, 0.25) is 0 Å². The third-order valence-electron chi connectivity index (χ3n) is 2.07. The second-order valence-electron chi connectivity index (χ2n) is 3.62. The van der Waals surface area contributed by atoms with Gasteiger partial charge in [0, 0.05) is 11.8 Å². The van der Waals surface area contributed by atoms with Crippen LogP contribution in [0.1, 0.15) is 25.5 Å². The minimum atomic E-state index is -1.09. The lowest BCUT2D eigenvalue weighted by Crippen LogP contribution is -2.24. The molecule has 78 valence electrons. The minimum Gasteiger partial charge on any atom is -0.390 e. The molecule has 1 rings (SSSR count). The van der Waals surface area contributed by atoms with Crippen molar-refractivity contribution < 1.29 is 14.6 Å². The van der Waals surface area contributed by atoms with Gasteiger partial charge < -0.3 is 10.2 Å². The average molecular weight is 199 g/mol. The fourth-order valence-corrected chi connectivity index (χ4v) is 1.15. The summed E-state index contributed by atoms with van der Waals surface area (Å²) < 4.78 is 12.7. The van der Waals surface area contributed by atoms with Crippen molar-refractivity contribution in [1.29, 1.82) is 0 Å². The number of rotatable bonds is 3. The van der Waals surface area contributed by atoms with Crippen LogP contribution >= 0.6 is 0 Å². The van der Waals surface area contributed by atoms with Crippen molar-refractivity contribution >= 4 is 0 Å². The first-order valence-electron chi connectivity index (χ1n) is 4.49. The monoisotopic (exact) mass is 199 g/mol. The van der Waals surface area contributed by atoms with Gasteiger partial charge in [-0.15, -0.1) is 0 Å². The highest BCUT2D eigenvalue weighted by Gasteiger charge is 2.21. The molecule has 0 aliphatic rings. The van der Waals surface area contributed by atoms with Crippen molar-refractivity contribution in [2.24, 2.45) is 5.92 Å². The summed E-state index contributed by atoms with van der Waals surface area (Å²) in [6.45, 7) is 3.56. The molecule has 2 N–H and O–H groups in total. The van der Waals surface area contributed by atoms with Gasteiger partial charge in [-0.05, 0) is 12.0 Å². The number of aliphatic hydroxyl groups excluding tert-OH is 2. The van der Waals surface area contributed by atoms with Gasteiger partial charge in [-0.2, -0.15) is 0 Å². The number of aromatic nitrogens is 1. The molecular weight excluding hydrogens is 185 g/mol. The molecule has 4 heteroatoms. The quantitative estimate of drug-likeness (QED) is 0.770. The minimum absolute atomic E-state index is 0.0896. The molecule has 0 fully saturated rings. The van der Waals surface area contributed by atoms with Crippen molar-refractivity contribution in [3.8, 4) is 0 Å². The summed E-state index contributed by atoms with van der Waals surface area (Å²) in [6.07, 6.45) is 0.411. The molecule has 0 aliphatic carbocycles. The van der Waals surface area contributed by atoms with E-state index in [4.69, 9.17) is 0 Å². The molecule has 2 atom stereocenters. The second kappa shape index (κ2) is 4.48. The SMILES string of the molecule is CC(C)C(O)C(O)c1cncc(F)c1. The van der Waals surface area contributed by atoms with Crippen LogP contribution in [0.4, 0.5) is 4.39 Å². The highest BCUT2D eigenvalue weighted by atomic mass is 19.1. The maximum absolute atomic E-state index is 12.7. The summed E-state index contributed by atoms with van der Waals surface area (Å²) in [7, 11) is 0. The van der Waals surface area contributed by atoms with Gasteiger partial charge in [0.05, 0.1) is 12.3 Å². The molecule has 0 spiro atoms. The predicted octanol–water partition coefficient (Wildman–Crippen LogP) is 1.27. The Morgan fingerprint density at radius 2 is 1.93 bits per heavy atom. The van der Waals surface area contributed by atoms with Crippen LogP contribution in [0, 0.1) is 11.7 Å². The van der Waals surface area contributed by atoms with E-state index in [0.717, 1.165) is 6.20 Å². The van der Waals surface area contributed by atoms with E-state index in [1.165, 1.54) is 12.3 Å². The van der Waals surface area contributed by atoms with E-state index in [-0.39, 0.29) is 5.92 Å². The number of hydrogen-bond donors (Lipinski definition) is 2. The van der Waals surface area contributed by atoms with Crippen molar-refractivity contribution in [1.82, 2.24) is 4.98 Å². The molecule has 1 aromatic rings. The predicted molar refractivity (Wildman–Crippen MR) is 50.0 cm³/mol. The molecule has 0 aliphatic heterocycles. The Labute approximate surface area is 82.2 Å². The van der Waals surface area contributed by atoms with E-state index in [1.54, 1.807) is 13.8 Å². The van der Waals surface area contributed by atoms with Crippen LogP contribution in [0.3, 0.4) is 0 Å². The van der Waals surface area contributed by atoms with Crippen LogP contribution in [0.15, 0.2) is 18.5 Å². The first-order chi connectivity index (χ1) is 6.52. The summed E-state index contributed by atoms with van der Waals surface area (Å²) in [4.78, 5) is 3.60. The van der Waals surface area contributed by atoms with Crippen LogP contribution in [0.25, 0.3) is 0 Å². The standard InChI is InChI=1S/C10H14FNO2/c1-6(2)9(13)10(14)7-3-8(11)5-12-4-7/h3-6,9-10,13-14H,1-2H3. The molecule has 1 aromatic heterocycles. The van der Waals surface area contributed by atoms with E-state index in [1.807, 2.05) is 0 Å². The van der Waals surface area contributed by atoms with Gasteiger partial charge in [0.25, 0.3) is 0 Å². The molecule has 3 nitrogen and oxygen atoms in total. The second-order valence-corrected chi connectivity index (χ2v) is 3.62. The molecule has 0 bridgehead atoms. The summed E-state index contributed by atoms with van der Waals surface area (Å²) >= 11 is 0. The Kier molecular flexibility index (Phi) is 3.55. The van der Waals surface area contributed by atoms with Crippen LogP contribution in [0.5, 0.6) is 0 Å². The maximum Gasteiger partial charge on any atom is 0.141 e. The number of hydrogen-bond acceptors (Lipinski definition) is 3. The first kappa shape index (κ1) is 11.1. The average Bonchev–Trinajstić information content (AvgIpc) is 2.15. The molecule has 0 radical (unpaired) electrons. The van der Waals surface area contributed by atoms with E-state index < -0.39 is 18.0 Å². The van der Waals surface area contributed by atoms with Crippen LogP contribution in [-0.4, -0.2) is 21.3 Å². The highest BCUT2D eigenvalue weighted by molar-refractivity contribution is 5.14. The van der Waals surface area contributed by atoms with E-state index >= 15 is 0 Å². The fraction of sp³-hybridized carbons (Fsp3) is 0.500. The van der Waals surface area contributed by atoms with E-state index in [0.29, 0.717) is 5.56 Å². The zero-order valence-corrected chi connectivity index (χ0v) is 8.18. The third kappa shape index (κ3) is 2.49. The van der Waals surface area contributed by atoms with Gasteiger partial charge in [-0.3, -0.25) is 4.98 Å². The smallest absolute Gasteiger partial charge is 0.141 e. The molecule has 2 unspecified atom stereocenters. The molecule has 14 heavy (non-hydrogen) atoms. The Morgan fingerprint density at radius 1 is 1.29 bits per heavy atom. The van der Waals surface area contributed by atoms with Crippen LogP contribution < -0.4 is 0 Å². The molecule has 0 saturated carbocycles. The Morgan fingerprint density at radius 3 is 2.43 bits per heavy atom. The molecule has 0 amide bonds. The number of nitrogens with zero attached hydrogens (tertiary/aromatic N) is 1. The van der Waals surface area contributed by atoms with Crippen molar-refractivity contribution in [2.45, 2.75) is 26.1 Å². The number of pyridine rings is 1. The fourth-order valence-electron chi connectivity index (χ4n) is 1.15. The lowest BCUT2D eigenvalue weighted by molar-refractivity contribution is -0.00971. The Balaban J connectivity index is 2.83. The van der Waals surface area contributed by atoms with Crippen molar-refractivity contribution in [3.05, 3.63) is 29.8 Å². The zero-order chi connectivity index (χ0) is 10.7. The maximum atomic E-state index is 12.7. The third-order valence-corrected chi connectivity index (χ3v) is 2.07. The molecular formula is C10H14FNO2. The number of halogens is 1. The van der Waals surface area contributed by atoms with Crippen LogP contribution in [0.2, 0.25) is 0 Å². The summed E-state index contributed by atoms with van der Waals surface area (Å²) in [5.41, 5.74) is 0.297.